The molecule has 0 radical (unpaired) electrons. The van der Waals surface area contributed by atoms with E-state index in [1.807, 2.05) is 4.90 Å². The Kier molecular flexibility index (Phi) is 5.96. The number of hydrogen-bond acceptors (Lipinski definition) is 6. The Hall–Kier alpha value is -2.97. The average molecular weight is 432 g/mol. The number of halogens is 1. The molecular weight excluding hydrogens is 410 g/mol. The second kappa shape index (κ2) is 8.81. The quantitative estimate of drug-likeness (QED) is 0.629. The third-order valence-electron chi connectivity index (χ3n) is 5.20. The van der Waals surface area contributed by atoms with Gasteiger partial charge in [0.15, 0.2) is 11.5 Å². The van der Waals surface area contributed by atoms with E-state index in [9.17, 15) is 14.7 Å². The van der Waals surface area contributed by atoms with Crippen LogP contribution in [0.2, 0.25) is 5.02 Å². The van der Waals surface area contributed by atoms with Gasteiger partial charge >= 0.3 is 0 Å². The summed E-state index contributed by atoms with van der Waals surface area (Å²) >= 11 is 5.92. The van der Waals surface area contributed by atoms with Crippen molar-refractivity contribution < 1.29 is 24.2 Å². The number of nitrogens with zero attached hydrogens (tertiary/aromatic N) is 1. The van der Waals surface area contributed by atoms with Gasteiger partial charge in [0.1, 0.15) is 5.75 Å². The number of nitrogens with one attached hydrogen (secondary N) is 2. The van der Waals surface area contributed by atoms with E-state index in [1.165, 1.54) is 12.1 Å². The molecule has 0 atom stereocenters. The number of phenolic OH excluding ortho intramolecular Hbond substituents is 1. The molecule has 0 aliphatic carbocycles. The monoisotopic (exact) mass is 431 g/mol. The highest BCUT2D eigenvalue weighted by Gasteiger charge is 2.26. The molecule has 2 heterocycles. The van der Waals surface area contributed by atoms with Crippen LogP contribution in [0, 0.1) is 5.92 Å². The summed E-state index contributed by atoms with van der Waals surface area (Å²) in [6, 6.07) is 9.79. The maximum Gasteiger partial charge on any atom is 0.238 e. The number of ether oxygens (including phenoxy) is 2. The number of carbonyl (C=O) groups is 2. The first-order valence-corrected chi connectivity index (χ1v) is 10.1. The normalized spacial score (nSPS) is 16.3. The van der Waals surface area contributed by atoms with E-state index in [1.54, 1.807) is 24.3 Å². The second-order valence-corrected chi connectivity index (χ2v) is 7.75. The van der Waals surface area contributed by atoms with Crippen molar-refractivity contribution in [1.29, 1.82) is 0 Å². The molecule has 0 unspecified atom stereocenters. The fraction of sp³-hybridized carbons (Fsp3) is 0.333. The van der Waals surface area contributed by atoms with E-state index in [2.05, 4.69) is 10.6 Å². The molecule has 30 heavy (non-hydrogen) atoms. The van der Waals surface area contributed by atoms with Gasteiger partial charge in [0.25, 0.3) is 0 Å². The molecule has 2 aliphatic rings. The third-order valence-corrected chi connectivity index (χ3v) is 5.43. The number of phenols is 1. The Morgan fingerprint density at radius 1 is 1.07 bits per heavy atom. The summed E-state index contributed by atoms with van der Waals surface area (Å²) in [5.74, 6) is 0.796. The summed E-state index contributed by atoms with van der Waals surface area (Å²) in [6.07, 6.45) is 1.26. The number of likely N-dealkylation sites (tertiary alicyclic amines) is 1. The minimum absolute atomic E-state index is 0.0228. The lowest BCUT2D eigenvalue weighted by Gasteiger charge is -2.30. The highest BCUT2D eigenvalue weighted by atomic mass is 35.5. The summed E-state index contributed by atoms with van der Waals surface area (Å²) in [5, 5.41) is 15.9. The van der Waals surface area contributed by atoms with Crippen molar-refractivity contribution in [3.8, 4) is 17.2 Å². The molecule has 2 amide bonds. The van der Waals surface area contributed by atoms with E-state index in [0.29, 0.717) is 53.8 Å². The molecule has 2 aromatic carbocycles. The van der Waals surface area contributed by atoms with Crippen molar-refractivity contribution in [2.24, 2.45) is 5.92 Å². The zero-order valence-electron chi connectivity index (χ0n) is 16.2. The first-order valence-electron chi connectivity index (χ1n) is 9.69. The van der Waals surface area contributed by atoms with Crippen LogP contribution in [0.25, 0.3) is 0 Å². The van der Waals surface area contributed by atoms with Gasteiger partial charge < -0.3 is 25.2 Å². The van der Waals surface area contributed by atoms with Crippen molar-refractivity contribution in [3.63, 3.8) is 0 Å². The molecule has 2 aliphatic heterocycles. The standard InChI is InChI=1S/C21H22ClN3O5/c22-14-1-3-17(26)16(9-14)24-21(28)13-5-7-25(8-6-13)11-20(27)23-15-2-4-18-19(10-15)30-12-29-18/h1-4,9-10,13,26H,5-8,11-12H2,(H,23,27)(H,24,28). The molecule has 0 saturated carbocycles. The van der Waals surface area contributed by atoms with Gasteiger partial charge in [-0.1, -0.05) is 11.6 Å². The number of hydrogen-bond donors (Lipinski definition) is 3. The maximum absolute atomic E-state index is 12.5. The number of piperidine rings is 1. The van der Waals surface area contributed by atoms with Gasteiger partial charge in [0, 0.05) is 22.7 Å². The molecule has 4 rings (SSSR count). The molecule has 158 valence electrons. The average Bonchev–Trinajstić information content (AvgIpc) is 3.19. The van der Waals surface area contributed by atoms with E-state index in [-0.39, 0.29) is 36.8 Å². The van der Waals surface area contributed by atoms with Crippen LogP contribution < -0.4 is 20.1 Å². The first kappa shape index (κ1) is 20.3. The number of anilines is 2. The summed E-state index contributed by atoms with van der Waals surface area (Å²) in [6.45, 7) is 1.70. The number of amides is 2. The lowest BCUT2D eigenvalue weighted by molar-refractivity contribution is -0.121. The summed E-state index contributed by atoms with van der Waals surface area (Å²) < 4.78 is 10.6. The van der Waals surface area contributed by atoms with Gasteiger partial charge in [-0.3, -0.25) is 14.5 Å². The lowest BCUT2D eigenvalue weighted by atomic mass is 9.95. The van der Waals surface area contributed by atoms with E-state index >= 15 is 0 Å². The topological polar surface area (TPSA) is 100 Å². The van der Waals surface area contributed by atoms with E-state index in [0.717, 1.165) is 0 Å². The Balaban J connectivity index is 1.24. The predicted molar refractivity (Wildman–Crippen MR) is 112 cm³/mol. The third kappa shape index (κ3) is 4.77. The first-order chi connectivity index (χ1) is 14.5. The SMILES string of the molecule is O=C(CN1CCC(C(=O)Nc2cc(Cl)ccc2O)CC1)Nc1ccc2c(c1)OCO2. The second-order valence-electron chi connectivity index (χ2n) is 7.32. The van der Waals surface area contributed by atoms with Crippen LogP contribution in [0.4, 0.5) is 11.4 Å². The maximum atomic E-state index is 12.5. The molecule has 3 N–H and O–H groups in total. The Bertz CT molecular complexity index is 960. The molecular formula is C21H22ClN3O5. The number of rotatable bonds is 5. The zero-order chi connectivity index (χ0) is 21.1. The highest BCUT2D eigenvalue weighted by molar-refractivity contribution is 6.31. The van der Waals surface area contributed by atoms with Crippen molar-refractivity contribution in [1.82, 2.24) is 4.90 Å². The summed E-state index contributed by atoms with van der Waals surface area (Å²) in [4.78, 5) is 26.9. The molecule has 0 bridgehead atoms. The van der Waals surface area contributed by atoms with E-state index in [4.69, 9.17) is 21.1 Å². The largest absolute Gasteiger partial charge is 0.506 e. The Morgan fingerprint density at radius 2 is 1.83 bits per heavy atom. The molecule has 0 aromatic heterocycles. The number of carbonyl (C=O) groups excluding carboxylic acids is 2. The van der Waals surface area contributed by atoms with Crippen LogP contribution >= 0.6 is 11.6 Å². The van der Waals surface area contributed by atoms with E-state index < -0.39 is 0 Å². The number of fused-ring (bicyclic) bond motifs is 1. The molecule has 9 heteroatoms. The fourth-order valence-corrected chi connectivity index (χ4v) is 3.75. The van der Waals surface area contributed by atoms with Gasteiger partial charge in [-0.25, -0.2) is 0 Å². The van der Waals surface area contributed by atoms with Crippen LogP contribution in [0.5, 0.6) is 17.2 Å². The Labute approximate surface area is 178 Å². The van der Waals surface area contributed by atoms with Crippen LogP contribution in [-0.2, 0) is 9.59 Å². The summed E-state index contributed by atoms with van der Waals surface area (Å²) in [7, 11) is 0. The highest BCUT2D eigenvalue weighted by Crippen LogP contribution is 2.34. The van der Waals surface area contributed by atoms with Crippen LogP contribution in [0.15, 0.2) is 36.4 Å². The Morgan fingerprint density at radius 3 is 2.63 bits per heavy atom. The van der Waals surface area contributed by atoms with Crippen LogP contribution in [0.1, 0.15) is 12.8 Å². The molecule has 0 spiro atoms. The van der Waals surface area contributed by atoms with Gasteiger partial charge in [0.2, 0.25) is 18.6 Å². The molecule has 1 saturated heterocycles. The molecule has 1 fully saturated rings. The summed E-state index contributed by atoms with van der Waals surface area (Å²) in [5.41, 5.74) is 0.956. The molecule has 2 aromatic rings. The lowest BCUT2D eigenvalue weighted by Crippen LogP contribution is -2.41. The van der Waals surface area contributed by atoms with Gasteiger partial charge in [-0.05, 0) is 56.3 Å². The number of aromatic hydroxyl groups is 1. The van der Waals surface area contributed by atoms with Gasteiger partial charge in [0.05, 0.1) is 12.2 Å². The van der Waals surface area contributed by atoms with Crippen molar-refractivity contribution >= 4 is 34.8 Å². The van der Waals surface area contributed by atoms with Crippen molar-refractivity contribution in [2.75, 3.05) is 37.1 Å². The van der Waals surface area contributed by atoms with Crippen LogP contribution in [-0.4, -0.2) is 48.2 Å². The van der Waals surface area contributed by atoms with Crippen LogP contribution in [0.3, 0.4) is 0 Å². The van der Waals surface area contributed by atoms with Crippen molar-refractivity contribution in [3.05, 3.63) is 41.4 Å². The predicted octanol–water partition coefficient (Wildman–Crippen LogP) is 3.06. The minimum Gasteiger partial charge on any atom is -0.506 e. The van der Waals surface area contributed by atoms with Crippen molar-refractivity contribution in [2.45, 2.75) is 12.8 Å². The fourth-order valence-electron chi connectivity index (χ4n) is 3.57. The minimum atomic E-state index is -0.184. The smallest absolute Gasteiger partial charge is 0.238 e. The number of benzene rings is 2. The zero-order valence-corrected chi connectivity index (χ0v) is 16.9. The molecule has 8 nitrogen and oxygen atoms in total. The van der Waals surface area contributed by atoms with Gasteiger partial charge in [-0.15, -0.1) is 0 Å². The van der Waals surface area contributed by atoms with Gasteiger partial charge in [-0.2, -0.15) is 0 Å².